The Labute approximate surface area is 326 Å². The van der Waals surface area contributed by atoms with E-state index in [0.29, 0.717) is 17.4 Å². The largest absolute Gasteiger partial charge is 0.438 e. The summed E-state index contributed by atoms with van der Waals surface area (Å²) in [5.41, 5.74) is 12.4. The predicted octanol–water partition coefficient (Wildman–Crippen LogP) is 13.5. The molecule has 6 heteroatoms. The summed E-state index contributed by atoms with van der Waals surface area (Å²) in [6, 6.07) is 62.8. The molecule has 0 atom stereocenters. The van der Waals surface area contributed by atoms with Crippen LogP contribution in [0.5, 0.6) is 0 Å². The lowest BCUT2D eigenvalue weighted by Crippen LogP contribution is -1.96. The molecule has 0 aliphatic carbocycles. The molecule has 0 amide bonds. The van der Waals surface area contributed by atoms with Crippen LogP contribution >= 0.6 is 11.3 Å². The van der Waals surface area contributed by atoms with Crippen molar-refractivity contribution in [1.82, 2.24) is 19.9 Å². The van der Waals surface area contributed by atoms with Crippen LogP contribution in [0.15, 0.2) is 186 Å². The smallest absolute Gasteiger partial charge is 0.231 e. The third-order valence-electron chi connectivity index (χ3n) is 10.3. The van der Waals surface area contributed by atoms with Crippen molar-refractivity contribution in [1.29, 1.82) is 0 Å². The van der Waals surface area contributed by atoms with Gasteiger partial charge in [-0.2, -0.15) is 4.98 Å². The predicted molar refractivity (Wildman–Crippen MR) is 230 cm³/mol. The standard InChI is InChI=1S/C50H30N4OS/c1-3-14-31(15-4-1)33-18-11-19-34(28-33)35-20-12-21-36(29-35)44-43-39-24-7-9-26-41(39)55-50(43)54-49(51-44)38-23-13-22-37(30-38)48-52-45(32-16-5-2-6-17-32)47-46(53-48)40-25-8-10-27-42(40)56-47/h1-30H. The van der Waals surface area contributed by atoms with E-state index in [1.54, 1.807) is 11.3 Å². The van der Waals surface area contributed by atoms with Gasteiger partial charge in [-0.25, -0.2) is 15.0 Å². The number of furan rings is 1. The lowest BCUT2D eigenvalue weighted by Gasteiger charge is -2.11. The van der Waals surface area contributed by atoms with Crippen molar-refractivity contribution in [2.75, 3.05) is 0 Å². The van der Waals surface area contributed by atoms with Gasteiger partial charge in [-0.3, -0.25) is 0 Å². The fraction of sp³-hybridized carbons (Fsp3) is 0. The molecule has 0 spiro atoms. The van der Waals surface area contributed by atoms with Gasteiger partial charge in [0.2, 0.25) is 5.71 Å². The lowest BCUT2D eigenvalue weighted by atomic mass is 9.96. The molecule has 0 radical (unpaired) electrons. The van der Waals surface area contributed by atoms with Gasteiger partial charge < -0.3 is 4.42 Å². The molecular weight excluding hydrogens is 705 g/mol. The zero-order valence-corrected chi connectivity index (χ0v) is 30.7. The first kappa shape index (κ1) is 32.2. The summed E-state index contributed by atoms with van der Waals surface area (Å²) in [4.78, 5) is 20.8. The van der Waals surface area contributed by atoms with Crippen molar-refractivity contribution in [3.05, 3.63) is 182 Å². The maximum atomic E-state index is 6.44. The van der Waals surface area contributed by atoms with E-state index >= 15 is 0 Å². The molecule has 5 nitrogen and oxygen atoms in total. The van der Waals surface area contributed by atoms with E-state index in [0.717, 1.165) is 76.7 Å². The van der Waals surface area contributed by atoms with Crippen LogP contribution in [-0.4, -0.2) is 19.9 Å². The van der Waals surface area contributed by atoms with Crippen LogP contribution in [0.4, 0.5) is 0 Å². The molecular formula is C50H30N4OS. The quantitative estimate of drug-likeness (QED) is 0.170. The fourth-order valence-corrected chi connectivity index (χ4v) is 8.78. The Morgan fingerprint density at radius 3 is 1.64 bits per heavy atom. The highest BCUT2D eigenvalue weighted by molar-refractivity contribution is 7.26. The fourth-order valence-electron chi connectivity index (χ4n) is 7.63. The maximum absolute atomic E-state index is 6.44. The van der Waals surface area contributed by atoms with Gasteiger partial charge in [-0.1, -0.05) is 152 Å². The van der Waals surface area contributed by atoms with E-state index in [1.807, 2.05) is 42.5 Å². The van der Waals surface area contributed by atoms with Crippen LogP contribution in [-0.2, 0) is 0 Å². The first-order chi connectivity index (χ1) is 27.7. The van der Waals surface area contributed by atoms with E-state index in [-0.39, 0.29) is 0 Å². The second-order valence-corrected chi connectivity index (χ2v) is 14.9. The van der Waals surface area contributed by atoms with Crippen LogP contribution in [0.2, 0.25) is 0 Å². The van der Waals surface area contributed by atoms with E-state index < -0.39 is 0 Å². The van der Waals surface area contributed by atoms with Gasteiger partial charge in [0.05, 0.1) is 27.0 Å². The number of hydrogen-bond donors (Lipinski definition) is 0. The van der Waals surface area contributed by atoms with Crippen LogP contribution in [0.3, 0.4) is 0 Å². The monoisotopic (exact) mass is 734 g/mol. The van der Waals surface area contributed by atoms with E-state index in [2.05, 4.69) is 140 Å². The molecule has 11 aromatic rings. The van der Waals surface area contributed by atoms with Crippen LogP contribution in [0, 0.1) is 0 Å². The second-order valence-electron chi connectivity index (χ2n) is 13.8. The van der Waals surface area contributed by atoms with E-state index in [9.17, 15) is 0 Å². The second kappa shape index (κ2) is 13.2. The molecule has 11 rings (SSSR count). The van der Waals surface area contributed by atoms with Crippen LogP contribution in [0.25, 0.3) is 110 Å². The Morgan fingerprint density at radius 2 is 0.893 bits per heavy atom. The highest BCUT2D eigenvalue weighted by Crippen LogP contribution is 2.41. The minimum absolute atomic E-state index is 0.543. The van der Waals surface area contributed by atoms with Crippen molar-refractivity contribution in [2.24, 2.45) is 0 Å². The highest BCUT2D eigenvalue weighted by atomic mass is 32.1. The van der Waals surface area contributed by atoms with Crippen LogP contribution < -0.4 is 0 Å². The number of aromatic nitrogens is 4. The van der Waals surface area contributed by atoms with Crippen molar-refractivity contribution in [3.63, 3.8) is 0 Å². The Kier molecular flexibility index (Phi) is 7.60. The molecule has 0 saturated heterocycles. The molecule has 0 saturated carbocycles. The van der Waals surface area contributed by atoms with Crippen molar-refractivity contribution in [3.8, 4) is 67.5 Å². The molecule has 262 valence electrons. The zero-order chi connectivity index (χ0) is 37.0. The number of thiophene rings is 1. The molecule has 4 aromatic heterocycles. The summed E-state index contributed by atoms with van der Waals surface area (Å²) in [5.74, 6) is 1.22. The summed E-state index contributed by atoms with van der Waals surface area (Å²) < 4.78 is 8.71. The van der Waals surface area contributed by atoms with Crippen molar-refractivity contribution in [2.45, 2.75) is 0 Å². The van der Waals surface area contributed by atoms with Gasteiger partial charge in [0.15, 0.2) is 11.6 Å². The van der Waals surface area contributed by atoms with Gasteiger partial charge in [0, 0.05) is 37.7 Å². The maximum Gasteiger partial charge on any atom is 0.231 e. The summed E-state index contributed by atoms with van der Waals surface area (Å²) in [5, 5.41) is 3.00. The Morgan fingerprint density at radius 1 is 0.375 bits per heavy atom. The highest BCUT2D eigenvalue weighted by Gasteiger charge is 2.20. The third kappa shape index (κ3) is 5.54. The minimum atomic E-state index is 0.543. The number of para-hydroxylation sites is 1. The third-order valence-corrected chi connectivity index (χ3v) is 11.5. The Balaban J connectivity index is 1.07. The molecule has 0 bridgehead atoms. The first-order valence-electron chi connectivity index (χ1n) is 18.5. The molecule has 0 aliphatic rings. The number of benzene rings is 7. The van der Waals surface area contributed by atoms with Gasteiger partial charge in [0.25, 0.3) is 0 Å². The Bertz CT molecular complexity index is 3260. The summed E-state index contributed by atoms with van der Waals surface area (Å²) >= 11 is 1.73. The number of rotatable bonds is 6. The van der Waals surface area contributed by atoms with Gasteiger partial charge in [-0.15, -0.1) is 11.3 Å². The SMILES string of the molecule is c1ccc(-c2cccc(-c3cccc(-c4nc(-c5cccc(-c6nc(-c7ccccc7)c7sc8ccccc8c7n6)c5)nc5oc6ccccc6c45)c3)c2)cc1. The van der Waals surface area contributed by atoms with E-state index in [1.165, 1.54) is 15.8 Å². The first-order valence-corrected chi connectivity index (χ1v) is 19.4. The van der Waals surface area contributed by atoms with Crippen molar-refractivity contribution >= 4 is 53.7 Å². The molecule has 7 aromatic carbocycles. The normalized spacial score (nSPS) is 11.6. The topological polar surface area (TPSA) is 64.7 Å². The average Bonchev–Trinajstić information content (AvgIpc) is 3.85. The van der Waals surface area contributed by atoms with E-state index in [4.69, 9.17) is 24.4 Å². The molecule has 0 N–H and O–H groups in total. The minimum Gasteiger partial charge on any atom is -0.438 e. The Hall–Kier alpha value is -7.28. The number of hydrogen-bond acceptors (Lipinski definition) is 6. The molecule has 0 fully saturated rings. The summed E-state index contributed by atoms with van der Waals surface area (Å²) in [7, 11) is 0. The van der Waals surface area contributed by atoms with Gasteiger partial charge >= 0.3 is 0 Å². The number of nitrogens with zero attached hydrogens (tertiary/aromatic N) is 4. The lowest BCUT2D eigenvalue weighted by molar-refractivity contribution is 0.653. The molecule has 56 heavy (non-hydrogen) atoms. The zero-order valence-electron chi connectivity index (χ0n) is 29.9. The van der Waals surface area contributed by atoms with Gasteiger partial charge in [-0.05, 0) is 52.6 Å². The molecule has 4 heterocycles. The molecule has 0 unspecified atom stereocenters. The average molecular weight is 735 g/mol. The molecule has 0 aliphatic heterocycles. The van der Waals surface area contributed by atoms with Gasteiger partial charge in [0.1, 0.15) is 5.58 Å². The number of fused-ring (bicyclic) bond motifs is 6. The summed E-state index contributed by atoms with van der Waals surface area (Å²) in [6.45, 7) is 0. The van der Waals surface area contributed by atoms with Crippen LogP contribution in [0.1, 0.15) is 0 Å². The van der Waals surface area contributed by atoms with Crippen molar-refractivity contribution < 1.29 is 4.42 Å². The summed E-state index contributed by atoms with van der Waals surface area (Å²) in [6.07, 6.45) is 0.